The van der Waals surface area contributed by atoms with Crippen molar-refractivity contribution in [2.75, 3.05) is 11.9 Å². The minimum absolute atomic E-state index is 0.322. The van der Waals surface area contributed by atoms with E-state index in [2.05, 4.69) is 17.2 Å². The molecule has 5 heteroatoms. The van der Waals surface area contributed by atoms with E-state index in [0.717, 1.165) is 12.3 Å². The van der Waals surface area contributed by atoms with Gasteiger partial charge in [-0.25, -0.2) is 0 Å². The summed E-state index contributed by atoms with van der Waals surface area (Å²) in [7, 11) is 0. The predicted octanol–water partition coefficient (Wildman–Crippen LogP) is 2.35. The van der Waals surface area contributed by atoms with E-state index in [4.69, 9.17) is 0 Å². The summed E-state index contributed by atoms with van der Waals surface area (Å²) in [6.45, 7) is 3.78. The molecular formula is C8H8F3N2. The van der Waals surface area contributed by atoms with E-state index < -0.39 is 11.7 Å². The van der Waals surface area contributed by atoms with E-state index >= 15 is 0 Å². The fourth-order valence-corrected chi connectivity index (χ4v) is 0.836. The average molecular weight is 189 g/mol. The van der Waals surface area contributed by atoms with Crippen molar-refractivity contribution >= 4 is 5.69 Å². The Labute approximate surface area is 73.8 Å². The SMILES string of the molecule is [CH2]CNc1cncc(C(F)(F)F)c1. The van der Waals surface area contributed by atoms with Crippen LogP contribution in [-0.2, 0) is 6.18 Å². The van der Waals surface area contributed by atoms with Gasteiger partial charge in [0, 0.05) is 18.9 Å². The first-order chi connectivity index (χ1) is 6.04. The molecule has 1 aromatic rings. The topological polar surface area (TPSA) is 24.9 Å². The Morgan fingerprint density at radius 1 is 1.38 bits per heavy atom. The van der Waals surface area contributed by atoms with Crippen LogP contribution in [0.2, 0.25) is 0 Å². The monoisotopic (exact) mass is 189 g/mol. The van der Waals surface area contributed by atoms with E-state index in [1.54, 1.807) is 0 Å². The quantitative estimate of drug-likeness (QED) is 0.772. The first-order valence-electron chi connectivity index (χ1n) is 3.59. The molecule has 1 N–H and O–H groups in total. The van der Waals surface area contributed by atoms with Gasteiger partial charge in [0.05, 0.1) is 11.3 Å². The van der Waals surface area contributed by atoms with Crippen LogP contribution in [0.4, 0.5) is 18.9 Å². The van der Waals surface area contributed by atoms with Gasteiger partial charge < -0.3 is 5.32 Å². The summed E-state index contributed by atoms with van der Waals surface area (Å²) in [5.41, 5.74) is -0.434. The number of aromatic nitrogens is 1. The lowest BCUT2D eigenvalue weighted by Gasteiger charge is -2.08. The highest BCUT2D eigenvalue weighted by molar-refractivity contribution is 5.43. The molecule has 1 heterocycles. The van der Waals surface area contributed by atoms with Crippen molar-refractivity contribution < 1.29 is 13.2 Å². The summed E-state index contributed by atoms with van der Waals surface area (Å²) in [5, 5.41) is 2.65. The molecule has 0 spiro atoms. The molecule has 0 aliphatic carbocycles. The Morgan fingerprint density at radius 2 is 2.08 bits per heavy atom. The highest BCUT2D eigenvalue weighted by atomic mass is 19.4. The second-order valence-corrected chi connectivity index (χ2v) is 2.39. The van der Waals surface area contributed by atoms with Crippen LogP contribution in [0.3, 0.4) is 0 Å². The number of hydrogen-bond acceptors (Lipinski definition) is 2. The van der Waals surface area contributed by atoms with Crippen molar-refractivity contribution in [2.45, 2.75) is 6.18 Å². The summed E-state index contributed by atoms with van der Waals surface area (Å²) in [6.07, 6.45) is -2.24. The lowest BCUT2D eigenvalue weighted by molar-refractivity contribution is -0.137. The number of halogens is 3. The third-order valence-corrected chi connectivity index (χ3v) is 1.39. The molecule has 2 nitrogen and oxygen atoms in total. The molecule has 0 aliphatic rings. The van der Waals surface area contributed by atoms with Gasteiger partial charge >= 0.3 is 6.18 Å². The van der Waals surface area contributed by atoms with E-state index in [9.17, 15) is 13.2 Å². The van der Waals surface area contributed by atoms with Crippen molar-refractivity contribution in [3.63, 3.8) is 0 Å². The van der Waals surface area contributed by atoms with E-state index in [1.165, 1.54) is 6.20 Å². The van der Waals surface area contributed by atoms with Crippen LogP contribution in [0.15, 0.2) is 18.5 Å². The minimum Gasteiger partial charge on any atom is -0.384 e. The number of alkyl halides is 3. The molecule has 71 valence electrons. The molecule has 0 saturated heterocycles. The third kappa shape index (κ3) is 2.61. The van der Waals surface area contributed by atoms with Gasteiger partial charge in [-0.05, 0) is 13.0 Å². The first-order valence-corrected chi connectivity index (χ1v) is 3.59. The van der Waals surface area contributed by atoms with Crippen LogP contribution >= 0.6 is 0 Å². The van der Waals surface area contributed by atoms with Crippen LogP contribution in [0.1, 0.15) is 5.56 Å². The largest absolute Gasteiger partial charge is 0.417 e. The van der Waals surface area contributed by atoms with Crippen molar-refractivity contribution in [2.24, 2.45) is 0 Å². The smallest absolute Gasteiger partial charge is 0.384 e. The van der Waals surface area contributed by atoms with Gasteiger partial charge in [0.1, 0.15) is 0 Å². The van der Waals surface area contributed by atoms with Gasteiger partial charge in [-0.2, -0.15) is 13.2 Å². The summed E-state index contributed by atoms with van der Waals surface area (Å²) >= 11 is 0. The zero-order valence-corrected chi connectivity index (χ0v) is 6.73. The Bertz CT molecular complexity index is 283. The fourth-order valence-electron chi connectivity index (χ4n) is 0.836. The lowest BCUT2D eigenvalue weighted by Crippen LogP contribution is -2.07. The van der Waals surface area contributed by atoms with Crippen molar-refractivity contribution in [1.82, 2.24) is 4.98 Å². The van der Waals surface area contributed by atoms with Crippen LogP contribution in [-0.4, -0.2) is 11.5 Å². The molecule has 0 amide bonds. The van der Waals surface area contributed by atoms with E-state index in [0.29, 0.717) is 12.2 Å². The first kappa shape index (κ1) is 9.83. The molecule has 13 heavy (non-hydrogen) atoms. The van der Waals surface area contributed by atoms with Crippen LogP contribution in [0, 0.1) is 6.92 Å². The van der Waals surface area contributed by atoms with E-state index in [1.807, 2.05) is 0 Å². The molecule has 0 aromatic carbocycles. The minimum atomic E-state index is -4.34. The molecule has 0 bridgehead atoms. The van der Waals surface area contributed by atoms with Crippen LogP contribution < -0.4 is 5.32 Å². The van der Waals surface area contributed by atoms with Gasteiger partial charge in [0.25, 0.3) is 0 Å². The number of rotatable bonds is 2. The van der Waals surface area contributed by atoms with Gasteiger partial charge in [-0.3, -0.25) is 4.98 Å². The Balaban J connectivity index is 2.92. The maximum Gasteiger partial charge on any atom is 0.417 e. The molecular weight excluding hydrogens is 181 g/mol. The second-order valence-electron chi connectivity index (χ2n) is 2.39. The van der Waals surface area contributed by atoms with Gasteiger partial charge in [0.2, 0.25) is 0 Å². The zero-order valence-electron chi connectivity index (χ0n) is 6.73. The number of nitrogens with zero attached hydrogens (tertiary/aromatic N) is 1. The van der Waals surface area contributed by atoms with E-state index in [-0.39, 0.29) is 0 Å². The number of pyridine rings is 1. The summed E-state index contributed by atoms with van der Waals surface area (Å²) in [4.78, 5) is 3.46. The Morgan fingerprint density at radius 3 is 2.62 bits per heavy atom. The highest BCUT2D eigenvalue weighted by Gasteiger charge is 2.30. The average Bonchev–Trinajstić information content (AvgIpc) is 2.04. The van der Waals surface area contributed by atoms with Crippen molar-refractivity contribution in [1.29, 1.82) is 0 Å². The lowest BCUT2D eigenvalue weighted by atomic mass is 10.2. The predicted molar refractivity (Wildman–Crippen MR) is 43.1 cm³/mol. The van der Waals surface area contributed by atoms with Crippen LogP contribution in [0.5, 0.6) is 0 Å². The normalized spacial score (nSPS) is 11.4. The van der Waals surface area contributed by atoms with Gasteiger partial charge in [-0.15, -0.1) is 0 Å². The molecule has 0 atom stereocenters. The van der Waals surface area contributed by atoms with Crippen molar-refractivity contribution in [3.8, 4) is 0 Å². The Kier molecular flexibility index (Phi) is 2.75. The summed E-state index contributed by atoms with van der Waals surface area (Å²) in [6, 6.07) is 0.998. The van der Waals surface area contributed by atoms with Crippen molar-refractivity contribution in [3.05, 3.63) is 30.9 Å². The number of anilines is 1. The Hall–Kier alpha value is -1.26. The number of nitrogens with one attached hydrogen (secondary N) is 1. The maximum atomic E-state index is 12.1. The molecule has 0 saturated carbocycles. The fraction of sp³-hybridized carbons (Fsp3) is 0.250. The molecule has 1 radical (unpaired) electrons. The molecule has 0 unspecified atom stereocenters. The zero-order chi connectivity index (χ0) is 9.90. The second kappa shape index (κ2) is 3.64. The van der Waals surface area contributed by atoms with Gasteiger partial charge in [-0.1, -0.05) is 0 Å². The molecule has 1 aromatic heterocycles. The number of hydrogen-bond donors (Lipinski definition) is 1. The standard InChI is InChI=1S/C8H8F3N2/c1-2-13-7-3-6(4-12-5-7)8(9,10)11/h3-5,13H,1-2H2. The molecule has 1 rings (SSSR count). The maximum absolute atomic E-state index is 12.1. The summed E-state index contributed by atoms with van der Waals surface area (Å²) in [5.74, 6) is 0. The highest BCUT2D eigenvalue weighted by Crippen LogP contribution is 2.29. The third-order valence-electron chi connectivity index (χ3n) is 1.39. The van der Waals surface area contributed by atoms with Crippen LogP contribution in [0.25, 0.3) is 0 Å². The van der Waals surface area contributed by atoms with Gasteiger partial charge in [0.15, 0.2) is 0 Å². The summed E-state index contributed by atoms with van der Waals surface area (Å²) < 4.78 is 36.4. The molecule has 0 aliphatic heterocycles. The molecule has 0 fully saturated rings.